The van der Waals surface area contributed by atoms with Crippen LogP contribution < -0.4 is 24.3 Å². The van der Waals surface area contributed by atoms with Gasteiger partial charge in [-0.1, -0.05) is 37.1 Å². The number of oxime groups is 1. The first-order valence-corrected chi connectivity index (χ1v) is 20.0. The molecular weight excluding hydrogens is 734 g/mol. The number of allylic oxidation sites excluding steroid dienone is 1. The molecule has 14 heteroatoms. The van der Waals surface area contributed by atoms with Gasteiger partial charge in [-0.05, 0) is 86.8 Å². The van der Waals surface area contributed by atoms with Crippen LogP contribution in [-0.2, 0) is 14.3 Å². The highest BCUT2D eigenvalue weighted by molar-refractivity contribution is 6.03. The molecule has 2 amide bonds. The molecule has 2 aromatic rings. The summed E-state index contributed by atoms with van der Waals surface area (Å²) in [5, 5.41) is 27.1. The molecule has 0 radical (unpaired) electrons. The van der Waals surface area contributed by atoms with Crippen LogP contribution in [0.2, 0.25) is 0 Å². The van der Waals surface area contributed by atoms with Gasteiger partial charge in [0.05, 0.1) is 45.3 Å². The van der Waals surface area contributed by atoms with Crippen molar-refractivity contribution in [2.24, 2.45) is 22.9 Å². The van der Waals surface area contributed by atoms with Crippen molar-refractivity contribution in [2.45, 2.75) is 83.0 Å². The topological polar surface area (TPSA) is 167 Å². The number of benzene rings is 2. The number of hydrogen-bond donors (Lipinski definition) is 3. The number of anilines is 1. The minimum atomic E-state index is -1.41. The van der Waals surface area contributed by atoms with Crippen LogP contribution in [-0.4, -0.2) is 99.1 Å². The molecule has 14 nitrogen and oxygen atoms in total. The van der Waals surface area contributed by atoms with E-state index >= 15 is 0 Å². The van der Waals surface area contributed by atoms with Crippen molar-refractivity contribution in [2.75, 3.05) is 59.6 Å². The van der Waals surface area contributed by atoms with Crippen LogP contribution in [0.5, 0.6) is 23.0 Å². The number of carbonyl (C=O) groups excluding carboxylic acids is 2. The predicted molar refractivity (Wildman–Crippen MR) is 215 cm³/mol. The maximum atomic E-state index is 13.7. The third kappa shape index (κ3) is 9.51. The largest absolute Gasteiger partial charge is 0.497 e. The molecule has 0 bridgehead atoms. The van der Waals surface area contributed by atoms with Gasteiger partial charge in [0.15, 0.2) is 0 Å². The van der Waals surface area contributed by atoms with Crippen LogP contribution in [0, 0.1) is 17.8 Å². The zero-order valence-electron chi connectivity index (χ0n) is 33.9. The molecule has 2 aromatic carbocycles. The van der Waals surface area contributed by atoms with Crippen molar-refractivity contribution in [1.29, 1.82) is 0 Å². The minimum Gasteiger partial charge on any atom is -0.497 e. The number of methoxy groups -OCH3 is 3. The van der Waals surface area contributed by atoms with Crippen LogP contribution in [0.25, 0.3) is 0 Å². The Labute approximate surface area is 335 Å². The van der Waals surface area contributed by atoms with Crippen LogP contribution in [0.1, 0.15) is 76.7 Å². The number of rotatable bonds is 20. The van der Waals surface area contributed by atoms with E-state index in [2.05, 4.69) is 23.1 Å². The highest BCUT2D eigenvalue weighted by Gasteiger charge is 2.65. The molecule has 5 rings (SSSR count). The number of amides is 2. The summed E-state index contributed by atoms with van der Waals surface area (Å²) in [5.74, 6) is -0.375. The molecule has 1 heterocycles. The first-order chi connectivity index (χ1) is 27.7. The third-order valence-electron chi connectivity index (χ3n) is 11.1. The van der Waals surface area contributed by atoms with Crippen molar-refractivity contribution >= 4 is 23.6 Å². The molecule has 2 aliphatic carbocycles. The van der Waals surface area contributed by atoms with E-state index in [4.69, 9.17) is 33.3 Å². The molecule has 6 unspecified atom stereocenters. The molecule has 0 aromatic heterocycles. The number of fused-ring (bicyclic) bond motifs is 2. The Bertz CT molecular complexity index is 1750. The number of aliphatic hydroxyl groups excluding tert-OH is 2. The minimum absolute atomic E-state index is 0.00386. The van der Waals surface area contributed by atoms with E-state index in [0.29, 0.717) is 66.8 Å². The van der Waals surface area contributed by atoms with E-state index < -0.39 is 29.9 Å². The Hall–Kier alpha value is -4.79. The zero-order chi connectivity index (χ0) is 41.0. The number of unbranched alkanes of at least 4 members (excludes halogenated alkanes) is 2. The quantitative estimate of drug-likeness (QED) is 0.0693. The highest BCUT2D eigenvalue weighted by atomic mass is 16.7. The van der Waals surface area contributed by atoms with E-state index in [0.717, 1.165) is 36.8 Å². The fourth-order valence-corrected chi connectivity index (χ4v) is 8.73. The Kier molecular flexibility index (Phi) is 15.6. The molecule has 57 heavy (non-hydrogen) atoms. The van der Waals surface area contributed by atoms with Crippen LogP contribution in [0.4, 0.5) is 15.3 Å². The first-order valence-electron chi connectivity index (χ1n) is 20.0. The van der Waals surface area contributed by atoms with Gasteiger partial charge in [0.2, 0.25) is 5.79 Å². The molecule has 3 aliphatic rings. The van der Waals surface area contributed by atoms with E-state index in [9.17, 15) is 19.8 Å². The number of nitrogens with zero attached hydrogens (tertiary/aromatic N) is 2. The second kappa shape index (κ2) is 20.6. The van der Waals surface area contributed by atoms with Crippen molar-refractivity contribution in [3.8, 4) is 23.0 Å². The van der Waals surface area contributed by atoms with E-state index in [1.807, 2.05) is 19.9 Å². The summed E-state index contributed by atoms with van der Waals surface area (Å²) in [7, 11) is 4.41. The fraction of sp³-hybridized carbons (Fsp3) is 0.558. The van der Waals surface area contributed by atoms with Gasteiger partial charge in [-0.2, -0.15) is 0 Å². The lowest BCUT2D eigenvalue weighted by Crippen LogP contribution is -2.70. The van der Waals surface area contributed by atoms with Crippen molar-refractivity contribution in [3.63, 3.8) is 0 Å². The van der Waals surface area contributed by atoms with Gasteiger partial charge in [-0.25, -0.2) is 9.59 Å². The lowest BCUT2D eigenvalue weighted by molar-refractivity contribution is -0.255. The Morgan fingerprint density at radius 1 is 1.02 bits per heavy atom. The number of hydrogen-bond acceptors (Lipinski definition) is 12. The standard InChI is InChI=1S/C43H59N3O11/c1-7-20-46(42(50)53-6)38-27-35(45-55-9-3)32-24-28(14-10-12-21-47)31(15-11-13-22-48)39-33-25-30(17-19-36(33)57-43(38,40(32)39)54-23-8-2)56-41(49)44-34-18-16-29(51-4)26-37(34)52-5/h8,16-19,24-26,28,31,38-40,47-48H,2,7,9-15,20-23,27H2,1,3-6H3,(H,44,49). The van der Waals surface area contributed by atoms with Crippen LogP contribution >= 0.6 is 0 Å². The smallest absolute Gasteiger partial charge is 0.417 e. The number of aliphatic hydroxyl groups is 2. The predicted octanol–water partition coefficient (Wildman–Crippen LogP) is 7.45. The molecule has 1 saturated carbocycles. The van der Waals surface area contributed by atoms with Crippen molar-refractivity contribution < 1.29 is 53.1 Å². The molecule has 1 fully saturated rings. The lowest BCUT2D eigenvalue weighted by Gasteiger charge is -2.59. The molecule has 1 aliphatic heterocycles. The van der Waals surface area contributed by atoms with Crippen molar-refractivity contribution in [1.82, 2.24) is 4.90 Å². The number of ether oxygens (including phenoxy) is 6. The van der Waals surface area contributed by atoms with Gasteiger partial charge >= 0.3 is 12.2 Å². The van der Waals surface area contributed by atoms with Crippen LogP contribution in [0.15, 0.2) is 65.9 Å². The fourth-order valence-electron chi connectivity index (χ4n) is 8.73. The number of carbonyl (C=O) groups is 2. The summed E-state index contributed by atoms with van der Waals surface area (Å²) < 4.78 is 36.1. The Morgan fingerprint density at radius 3 is 2.44 bits per heavy atom. The molecule has 3 N–H and O–H groups in total. The lowest BCUT2D eigenvalue weighted by atomic mass is 9.55. The maximum absolute atomic E-state index is 13.7. The summed E-state index contributed by atoms with van der Waals surface area (Å²) in [6, 6.07) is 9.66. The summed E-state index contributed by atoms with van der Waals surface area (Å²) in [4.78, 5) is 34.5. The van der Waals surface area contributed by atoms with E-state index in [1.54, 1.807) is 48.4 Å². The SMILES string of the molecule is C=CCOC12Oc3ccc(OC(=O)Nc4ccc(OC)cc4OC)cc3C3C(CCCCO)C(CCCCO)C=C(C(=NOCC)CC1N(CCC)C(=O)OC)C32. The Balaban J connectivity index is 1.70. The maximum Gasteiger partial charge on any atom is 0.417 e. The number of nitrogens with one attached hydrogen (secondary N) is 1. The summed E-state index contributed by atoms with van der Waals surface area (Å²) in [6.45, 7) is 8.82. The normalized spacial score (nSPS) is 23.9. The van der Waals surface area contributed by atoms with Gasteiger partial charge in [0.25, 0.3) is 0 Å². The van der Waals surface area contributed by atoms with Gasteiger partial charge in [-0.15, -0.1) is 6.58 Å². The van der Waals surface area contributed by atoms with Crippen LogP contribution in [0.3, 0.4) is 0 Å². The molecular formula is C43H59N3O11. The van der Waals surface area contributed by atoms with E-state index in [1.165, 1.54) is 14.2 Å². The first kappa shape index (κ1) is 43.3. The molecule has 0 spiro atoms. The van der Waals surface area contributed by atoms with Crippen molar-refractivity contribution in [3.05, 3.63) is 66.3 Å². The summed E-state index contributed by atoms with van der Waals surface area (Å²) >= 11 is 0. The summed E-state index contributed by atoms with van der Waals surface area (Å²) in [6.07, 6.45) is 8.02. The summed E-state index contributed by atoms with van der Waals surface area (Å²) in [5.41, 5.74) is 2.81. The second-order valence-corrected chi connectivity index (χ2v) is 14.4. The molecule has 312 valence electrons. The van der Waals surface area contributed by atoms with Gasteiger partial charge in [0, 0.05) is 43.7 Å². The zero-order valence-corrected chi connectivity index (χ0v) is 33.9. The average molecular weight is 794 g/mol. The monoisotopic (exact) mass is 793 g/mol. The highest BCUT2D eigenvalue weighted by Crippen LogP contribution is 2.62. The third-order valence-corrected chi connectivity index (χ3v) is 11.1. The molecule has 0 saturated heterocycles. The van der Waals surface area contributed by atoms with E-state index in [-0.39, 0.29) is 44.0 Å². The van der Waals surface area contributed by atoms with Gasteiger partial charge < -0.3 is 43.5 Å². The van der Waals surface area contributed by atoms with Gasteiger partial charge in [0.1, 0.15) is 35.6 Å². The van der Waals surface area contributed by atoms with Gasteiger partial charge in [-0.3, -0.25) is 10.2 Å². The second-order valence-electron chi connectivity index (χ2n) is 14.4. The average Bonchev–Trinajstić information content (AvgIpc) is 3.22. The molecule has 6 atom stereocenters. The Morgan fingerprint density at radius 2 is 1.77 bits per heavy atom.